The molecule has 0 spiro atoms. The molecule has 1 atom stereocenters. The lowest BCUT2D eigenvalue weighted by molar-refractivity contribution is 0.199. The third-order valence-electron chi connectivity index (χ3n) is 1.42. The Morgan fingerprint density at radius 3 is 2.62 bits per heavy atom. The number of methoxy groups -OCH3 is 1. The van der Waals surface area contributed by atoms with Crippen LogP contribution in [0.2, 0.25) is 0 Å². The third-order valence-corrected chi connectivity index (χ3v) is 3.00. The van der Waals surface area contributed by atoms with Crippen LogP contribution in [-0.4, -0.2) is 45.6 Å². The quantitative estimate of drug-likeness (QED) is 0.547. The van der Waals surface area contributed by atoms with Crippen LogP contribution in [0.15, 0.2) is 0 Å². The number of aliphatic hydroxyl groups is 1. The van der Waals surface area contributed by atoms with Gasteiger partial charge in [-0.2, -0.15) is 0 Å². The summed E-state index contributed by atoms with van der Waals surface area (Å²) >= 11 is 0. The zero-order chi connectivity index (χ0) is 10.3. The number of hydrogen-bond donors (Lipinski definition) is 2. The van der Waals surface area contributed by atoms with Crippen LogP contribution in [0.5, 0.6) is 0 Å². The molecule has 5 nitrogen and oxygen atoms in total. The first-order chi connectivity index (χ1) is 6.02. The van der Waals surface area contributed by atoms with E-state index in [1.54, 1.807) is 6.92 Å². The van der Waals surface area contributed by atoms with Gasteiger partial charge in [0.05, 0.1) is 12.4 Å². The van der Waals surface area contributed by atoms with Gasteiger partial charge in [0.1, 0.15) is 0 Å². The van der Waals surface area contributed by atoms with Gasteiger partial charge in [-0.05, 0) is 13.3 Å². The topological polar surface area (TPSA) is 75.6 Å². The number of ether oxygens (including phenoxy) is 1. The van der Waals surface area contributed by atoms with Crippen LogP contribution in [-0.2, 0) is 14.8 Å². The predicted molar refractivity (Wildman–Crippen MR) is 50.0 cm³/mol. The standard InChI is InChI=1S/C7H17NO4S/c1-7(6-9)8-13(10,11)5-3-4-12-2/h7-9H,3-6H2,1-2H3/t7-/m1/s1. The summed E-state index contributed by atoms with van der Waals surface area (Å²) in [6, 6.07) is -0.424. The molecule has 0 saturated heterocycles. The van der Waals surface area contributed by atoms with Crippen molar-refractivity contribution in [2.45, 2.75) is 19.4 Å². The lowest BCUT2D eigenvalue weighted by atomic mass is 10.4. The van der Waals surface area contributed by atoms with Gasteiger partial charge in [-0.25, -0.2) is 13.1 Å². The Labute approximate surface area is 79.1 Å². The molecule has 80 valence electrons. The summed E-state index contributed by atoms with van der Waals surface area (Å²) in [7, 11) is -1.73. The van der Waals surface area contributed by atoms with Gasteiger partial charge in [-0.3, -0.25) is 0 Å². The molecule has 0 unspecified atom stereocenters. The summed E-state index contributed by atoms with van der Waals surface area (Å²) in [6.07, 6.45) is 0.462. The summed E-state index contributed by atoms with van der Waals surface area (Å²) in [5, 5.41) is 8.62. The van der Waals surface area contributed by atoms with Gasteiger partial charge in [0.2, 0.25) is 10.0 Å². The van der Waals surface area contributed by atoms with E-state index >= 15 is 0 Å². The monoisotopic (exact) mass is 211 g/mol. The van der Waals surface area contributed by atoms with Gasteiger partial charge >= 0.3 is 0 Å². The lowest BCUT2D eigenvalue weighted by Gasteiger charge is -2.10. The van der Waals surface area contributed by atoms with Crippen molar-refractivity contribution in [1.29, 1.82) is 0 Å². The molecule has 0 aliphatic carbocycles. The maximum absolute atomic E-state index is 11.2. The third kappa shape index (κ3) is 6.94. The smallest absolute Gasteiger partial charge is 0.212 e. The molecular weight excluding hydrogens is 194 g/mol. The highest BCUT2D eigenvalue weighted by molar-refractivity contribution is 7.89. The molecule has 0 rings (SSSR count). The van der Waals surface area contributed by atoms with Crippen molar-refractivity contribution < 1.29 is 18.3 Å². The maximum Gasteiger partial charge on any atom is 0.212 e. The van der Waals surface area contributed by atoms with Crippen LogP contribution in [0.3, 0.4) is 0 Å². The van der Waals surface area contributed by atoms with Crippen molar-refractivity contribution in [3.05, 3.63) is 0 Å². The highest BCUT2D eigenvalue weighted by Gasteiger charge is 2.12. The van der Waals surface area contributed by atoms with Gasteiger partial charge in [-0.1, -0.05) is 0 Å². The number of rotatable bonds is 7. The molecule has 0 aliphatic rings. The van der Waals surface area contributed by atoms with E-state index in [0.717, 1.165) is 0 Å². The number of nitrogens with one attached hydrogen (secondary N) is 1. The summed E-state index contributed by atoms with van der Waals surface area (Å²) < 4.78 is 29.5. The molecule has 0 bridgehead atoms. The molecule has 0 amide bonds. The number of aliphatic hydroxyl groups excluding tert-OH is 1. The van der Waals surface area contributed by atoms with Crippen LogP contribution in [0, 0.1) is 0 Å². The Morgan fingerprint density at radius 1 is 1.54 bits per heavy atom. The van der Waals surface area contributed by atoms with Crippen molar-refractivity contribution >= 4 is 10.0 Å². The predicted octanol–water partition coefficient (Wildman–Crippen LogP) is -0.677. The zero-order valence-electron chi connectivity index (χ0n) is 7.99. The Kier molecular flexibility index (Phi) is 6.23. The fourth-order valence-corrected chi connectivity index (χ4v) is 2.10. The van der Waals surface area contributed by atoms with E-state index in [4.69, 9.17) is 9.84 Å². The van der Waals surface area contributed by atoms with Gasteiger partial charge in [-0.15, -0.1) is 0 Å². The summed E-state index contributed by atoms with van der Waals surface area (Å²) in [5.74, 6) is 0.0329. The Hall–Kier alpha value is -0.170. The highest BCUT2D eigenvalue weighted by atomic mass is 32.2. The molecule has 6 heteroatoms. The summed E-state index contributed by atoms with van der Waals surface area (Å²) in [6.45, 7) is 1.84. The minimum atomic E-state index is -3.26. The molecule has 0 radical (unpaired) electrons. The van der Waals surface area contributed by atoms with Crippen molar-refractivity contribution in [3.63, 3.8) is 0 Å². The molecule has 0 saturated carbocycles. The van der Waals surface area contributed by atoms with Crippen molar-refractivity contribution in [2.75, 3.05) is 26.1 Å². The lowest BCUT2D eigenvalue weighted by Crippen LogP contribution is -2.36. The first-order valence-corrected chi connectivity index (χ1v) is 5.77. The highest BCUT2D eigenvalue weighted by Crippen LogP contribution is 1.92. The fraction of sp³-hybridized carbons (Fsp3) is 1.00. The van der Waals surface area contributed by atoms with E-state index in [-0.39, 0.29) is 12.4 Å². The molecular formula is C7H17NO4S. The van der Waals surface area contributed by atoms with E-state index in [1.165, 1.54) is 7.11 Å². The zero-order valence-corrected chi connectivity index (χ0v) is 8.80. The van der Waals surface area contributed by atoms with Crippen molar-refractivity contribution in [1.82, 2.24) is 4.72 Å². The van der Waals surface area contributed by atoms with Gasteiger partial charge in [0.15, 0.2) is 0 Å². The first kappa shape index (κ1) is 12.8. The second-order valence-electron chi connectivity index (χ2n) is 2.87. The van der Waals surface area contributed by atoms with Gasteiger partial charge < -0.3 is 9.84 Å². The van der Waals surface area contributed by atoms with Crippen LogP contribution in [0.4, 0.5) is 0 Å². The minimum absolute atomic E-state index is 0.0329. The Morgan fingerprint density at radius 2 is 2.15 bits per heavy atom. The van der Waals surface area contributed by atoms with Crippen LogP contribution in [0.1, 0.15) is 13.3 Å². The molecule has 0 heterocycles. The largest absolute Gasteiger partial charge is 0.395 e. The first-order valence-electron chi connectivity index (χ1n) is 4.11. The number of hydrogen-bond acceptors (Lipinski definition) is 4. The van der Waals surface area contributed by atoms with Crippen LogP contribution < -0.4 is 4.72 Å². The van der Waals surface area contributed by atoms with E-state index in [2.05, 4.69) is 4.72 Å². The Bertz CT molecular complexity index is 215. The molecule has 0 aliphatic heterocycles. The van der Waals surface area contributed by atoms with E-state index < -0.39 is 16.1 Å². The van der Waals surface area contributed by atoms with Gasteiger partial charge in [0, 0.05) is 19.8 Å². The Balaban J connectivity index is 3.81. The average molecular weight is 211 g/mol. The van der Waals surface area contributed by atoms with E-state index in [9.17, 15) is 8.42 Å². The van der Waals surface area contributed by atoms with Crippen LogP contribution in [0.25, 0.3) is 0 Å². The second-order valence-corrected chi connectivity index (χ2v) is 4.74. The molecule has 0 aromatic rings. The van der Waals surface area contributed by atoms with Gasteiger partial charge in [0.25, 0.3) is 0 Å². The molecule has 2 N–H and O–H groups in total. The van der Waals surface area contributed by atoms with E-state index in [1.807, 2.05) is 0 Å². The molecule has 0 aromatic carbocycles. The van der Waals surface area contributed by atoms with Crippen molar-refractivity contribution in [3.8, 4) is 0 Å². The van der Waals surface area contributed by atoms with Crippen molar-refractivity contribution in [2.24, 2.45) is 0 Å². The summed E-state index contributed by atoms with van der Waals surface area (Å²) in [5.41, 5.74) is 0. The normalized spacial score (nSPS) is 14.4. The molecule has 13 heavy (non-hydrogen) atoms. The average Bonchev–Trinajstić information content (AvgIpc) is 2.03. The summed E-state index contributed by atoms with van der Waals surface area (Å²) in [4.78, 5) is 0. The maximum atomic E-state index is 11.2. The second kappa shape index (κ2) is 6.31. The molecule has 0 fully saturated rings. The minimum Gasteiger partial charge on any atom is -0.395 e. The van der Waals surface area contributed by atoms with Crippen LogP contribution >= 0.6 is 0 Å². The SMILES string of the molecule is COCCCS(=O)(=O)N[C@H](C)CO. The molecule has 0 aromatic heterocycles. The number of sulfonamides is 1. The van der Waals surface area contributed by atoms with E-state index in [0.29, 0.717) is 13.0 Å². The fourth-order valence-electron chi connectivity index (χ4n) is 0.796.